The molecule has 132 valence electrons. The van der Waals surface area contributed by atoms with Crippen molar-refractivity contribution in [1.82, 2.24) is 0 Å². The largest absolute Gasteiger partial charge is 0.393 e. The fourth-order valence-electron chi connectivity index (χ4n) is 2.37. The lowest BCUT2D eigenvalue weighted by Gasteiger charge is -2.10. The first-order valence-corrected chi connectivity index (χ1v) is 10.0. The van der Waals surface area contributed by atoms with E-state index >= 15 is 0 Å². The quantitative estimate of drug-likeness (QED) is 0.457. The van der Waals surface area contributed by atoms with Gasteiger partial charge in [-0.05, 0) is 44.7 Å². The Kier molecular flexibility index (Phi) is 9.44. The van der Waals surface area contributed by atoms with Crippen LogP contribution in [0.4, 0.5) is 0 Å². The van der Waals surface area contributed by atoms with Crippen molar-refractivity contribution in [2.75, 3.05) is 6.61 Å². The molecule has 0 saturated carbocycles. The summed E-state index contributed by atoms with van der Waals surface area (Å²) < 4.78 is 29.0. The Labute approximate surface area is 141 Å². The van der Waals surface area contributed by atoms with Gasteiger partial charge in [0.1, 0.15) is 0 Å². The normalized spacial score (nSPS) is 13.2. The first-order chi connectivity index (χ1) is 11.0. The van der Waals surface area contributed by atoms with E-state index in [1.807, 2.05) is 6.92 Å². The fourth-order valence-corrected chi connectivity index (χ4v) is 3.32. The maximum atomic E-state index is 12.0. The van der Waals surface area contributed by atoms with Crippen molar-refractivity contribution in [2.45, 2.75) is 76.2 Å². The molecule has 0 aromatic heterocycles. The average molecular weight is 343 g/mol. The number of rotatable bonds is 12. The fraction of sp³-hybridized carbons (Fsp3) is 0.667. The van der Waals surface area contributed by atoms with E-state index in [9.17, 15) is 13.5 Å². The van der Waals surface area contributed by atoms with E-state index in [-0.39, 0.29) is 17.6 Å². The van der Waals surface area contributed by atoms with E-state index in [1.165, 1.54) is 19.3 Å². The Morgan fingerprint density at radius 1 is 1.00 bits per heavy atom. The van der Waals surface area contributed by atoms with Crippen LogP contribution >= 0.6 is 0 Å². The summed E-state index contributed by atoms with van der Waals surface area (Å²) in [4.78, 5) is 0.194. The molecule has 1 aromatic carbocycles. The topological polar surface area (TPSA) is 63.6 Å². The number of aliphatic hydroxyl groups is 1. The van der Waals surface area contributed by atoms with Crippen LogP contribution in [-0.2, 0) is 14.3 Å². The molecule has 0 radical (unpaired) electrons. The molecule has 1 N–H and O–H groups in total. The second-order valence-corrected chi connectivity index (χ2v) is 7.70. The molecule has 0 aliphatic heterocycles. The zero-order chi connectivity index (χ0) is 17.1. The second kappa shape index (κ2) is 10.8. The molecule has 0 saturated heterocycles. The Morgan fingerprint density at radius 3 is 2.22 bits per heavy atom. The lowest BCUT2D eigenvalue weighted by Crippen LogP contribution is -2.09. The number of hydrogen-bond donors (Lipinski definition) is 1. The number of aryl methyl sites for hydroxylation is 1. The highest BCUT2D eigenvalue weighted by Gasteiger charge is 2.14. The van der Waals surface area contributed by atoms with Crippen LogP contribution in [0.2, 0.25) is 0 Å². The van der Waals surface area contributed by atoms with Crippen molar-refractivity contribution in [2.24, 2.45) is 0 Å². The first-order valence-electron chi connectivity index (χ1n) is 8.60. The van der Waals surface area contributed by atoms with Crippen LogP contribution in [0.3, 0.4) is 0 Å². The summed E-state index contributed by atoms with van der Waals surface area (Å²) in [5, 5.41) is 9.85. The maximum absolute atomic E-state index is 12.0. The van der Waals surface area contributed by atoms with E-state index in [0.29, 0.717) is 12.8 Å². The van der Waals surface area contributed by atoms with Crippen LogP contribution in [0.5, 0.6) is 0 Å². The third-order valence-electron chi connectivity index (χ3n) is 3.87. The summed E-state index contributed by atoms with van der Waals surface area (Å²) in [5.41, 5.74) is 1.01. The van der Waals surface area contributed by atoms with Gasteiger partial charge < -0.3 is 5.11 Å². The Morgan fingerprint density at radius 2 is 1.61 bits per heavy atom. The molecule has 0 fully saturated rings. The summed E-state index contributed by atoms with van der Waals surface area (Å²) in [6, 6.07) is 6.63. The van der Waals surface area contributed by atoms with Gasteiger partial charge in [0.15, 0.2) is 0 Å². The molecule has 0 aliphatic rings. The Hall–Kier alpha value is -0.910. The van der Waals surface area contributed by atoms with Crippen molar-refractivity contribution in [3.8, 4) is 0 Å². The van der Waals surface area contributed by atoms with Crippen molar-refractivity contribution in [3.63, 3.8) is 0 Å². The molecule has 23 heavy (non-hydrogen) atoms. The Balaban J connectivity index is 2.17. The molecule has 5 heteroatoms. The van der Waals surface area contributed by atoms with E-state index in [2.05, 4.69) is 6.92 Å². The molecule has 0 spiro atoms. The van der Waals surface area contributed by atoms with E-state index in [4.69, 9.17) is 4.18 Å². The summed E-state index contributed by atoms with van der Waals surface area (Å²) in [7, 11) is -3.66. The van der Waals surface area contributed by atoms with Crippen molar-refractivity contribution < 1.29 is 17.7 Å². The van der Waals surface area contributed by atoms with Gasteiger partial charge in [-0.25, -0.2) is 0 Å². The predicted octanol–water partition coefficient (Wildman–Crippen LogP) is 4.20. The third kappa shape index (κ3) is 8.49. The predicted molar refractivity (Wildman–Crippen MR) is 92.9 cm³/mol. The first kappa shape index (κ1) is 20.1. The molecule has 1 rings (SSSR count). The number of benzene rings is 1. The average Bonchev–Trinajstić information content (AvgIpc) is 2.51. The third-order valence-corrected chi connectivity index (χ3v) is 5.20. The van der Waals surface area contributed by atoms with Crippen LogP contribution in [0, 0.1) is 6.92 Å². The SMILES string of the molecule is CCCCCCC(O)CCCCOS(=O)(=O)c1ccc(C)cc1. The molecule has 1 aromatic rings. The molecule has 4 nitrogen and oxygen atoms in total. The maximum Gasteiger partial charge on any atom is 0.296 e. The van der Waals surface area contributed by atoms with Crippen molar-refractivity contribution in [1.29, 1.82) is 0 Å². The minimum absolute atomic E-state index is 0.165. The highest BCUT2D eigenvalue weighted by molar-refractivity contribution is 7.86. The molecule has 1 unspecified atom stereocenters. The van der Waals surface area contributed by atoms with Gasteiger partial charge in [-0.1, -0.05) is 50.3 Å². The van der Waals surface area contributed by atoms with Crippen LogP contribution in [0.15, 0.2) is 29.2 Å². The van der Waals surface area contributed by atoms with Crippen LogP contribution in [0.1, 0.15) is 63.9 Å². The molecule has 1 atom stereocenters. The molecule has 0 amide bonds. The van der Waals surface area contributed by atoms with Gasteiger partial charge in [0.25, 0.3) is 10.1 Å². The van der Waals surface area contributed by atoms with E-state index in [0.717, 1.165) is 24.8 Å². The number of unbranched alkanes of at least 4 members (excludes halogenated alkanes) is 4. The number of hydrogen-bond acceptors (Lipinski definition) is 4. The lowest BCUT2D eigenvalue weighted by atomic mass is 10.0. The monoisotopic (exact) mass is 342 g/mol. The van der Waals surface area contributed by atoms with Gasteiger partial charge in [0, 0.05) is 0 Å². The zero-order valence-corrected chi connectivity index (χ0v) is 15.1. The molecule has 0 bridgehead atoms. The van der Waals surface area contributed by atoms with Gasteiger partial charge in [-0.2, -0.15) is 8.42 Å². The minimum atomic E-state index is -3.66. The summed E-state index contributed by atoms with van der Waals surface area (Å²) >= 11 is 0. The van der Waals surface area contributed by atoms with Gasteiger partial charge in [-0.15, -0.1) is 0 Å². The van der Waals surface area contributed by atoms with E-state index < -0.39 is 10.1 Å². The standard InChI is InChI=1S/C18H30O4S/c1-3-4-5-6-9-17(19)10-7-8-15-22-23(20,21)18-13-11-16(2)12-14-18/h11-14,17,19H,3-10,15H2,1-2H3. The van der Waals surface area contributed by atoms with E-state index in [1.54, 1.807) is 24.3 Å². The minimum Gasteiger partial charge on any atom is -0.393 e. The Bertz CT molecular complexity index is 522. The summed E-state index contributed by atoms with van der Waals surface area (Å²) in [5.74, 6) is 0. The van der Waals surface area contributed by atoms with Gasteiger partial charge in [-0.3, -0.25) is 4.18 Å². The van der Waals surface area contributed by atoms with Crippen LogP contribution in [-0.4, -0.2) is 26.2 Å². The molecular formula is C18H30O4S. The van der Waals surface area contributed by atoms with Gasteiger partial charge in [0.05, 0.1) is 17.6 Å². The zero-order valence-electron chi connectivity index (χ0n) is 14.3. The van der Waals surface area contributed by atoms with Crippen molar-refractivity contribution >= 4 is 10.1 Å². The highest BCUT2D eigenvalue weighted by Crippen LogP contribution is 2.15. The molecule has 0 heterocycles. The van der Waals surface area contributed by atoms with Crippen LogP contribution in [0.25, 0.3) is 0 Å². The van der Waals surface area contributed by atoms with Crippen molar-refractivity contribution in [3.05, 3.63) is 29.8 Å². The highest BCUT2D eigenvalue weighted by atomic mass is 32.2. The second-order valence-electron chi connectivity index (χ2n) is 6.09. The van der Waals surface area contributed by atoms with Gasteiger partial charge >= 0.3 is 0 Å². The summed E-state index contributed by atoms with van der Waals surface area (Å²) in [6.07, 6.45) is 7.33. The molecule has 0 aliphatic carbocycles. The van der Waals surface area contributed by atoms with Crippen LogP contribution < -0.4 is 0 Å². The lowest BCUT2D eigenvalue weighted by molar-refractivity contribution is 0.145. The number of aliphatic hydroxyl groups excluding tert-OH is 1. The van der Waals surface area contributed by atoms with Gasteiger partial charge in [0.2, 0.25) is 0 Å². The summed E-state index contributed by atoms with van der Waals surface area (Å²) in [6.45, 7) is 4.24. The smallest absolute Gasteiger partial charge is 0.296 e. The molecular weight excluding hydrogens is 312 g/mol.